The van der Waals surface area contributed by atoms with Crippen LogP contribution in [-0.4, -0.2) is 30.2 Å². The van der Waals surface area contributed by atoms with E-state index in [-0.39, 0.29) is 17.5 Å². The van der Waals surface area contributed by atoms with Gasteiger partial charge in [0.05, 0.1) is 37.9 Å². The van der Waals surface area contributed by atoms with Gasteiger partial charge < -0.3 is 23.4 Å². The maximum Gasteiger partial charge on any atom is 0.133 e. The van der Waals surface area contributed by atoms with Crippen LogP contribution in [0.25, 0.3) is 0 Å². The molecule has 2 heterocycles. The molecule has 0 spiro atoms. The lowest BCUT2D eigenvalue weighted by atomic mass is 9.95. The van der Waals surface area contributed by atoms with Gasteiger partial charge in [0, 0.05) is 4.90 Å². The summed E-state index contributed by atoms with van der Waals surface area (Å²) in [7, 11) is 0. The van der Waals surface area contributed by atoms with Gasteiger partial charge in [0.25, 0.3) is 0 Å². The molecular weight excluding hydrogens is 568 g/mol. The topological polar surface area (TPSA) is 50.1 Å². The van der Waals surface area contributed by atoms with Crippen LogP contribution in [-0.2, 0) is 38.8 Å². The molecule has 4 aromatic carbocycles. The molecule has 0 saturated carbocycles. The molecule has 0 N–H and O–H groups in total. The van der Waals surface area contributed by atoms with Gasteiger partial charge in [-0.1, -0.05) is 109 Å². The predicted molar refractivity (Wildman–Crippen MR) is 173 cm³/mol. The molecule has 1 aromatic heterocycles. The van der Waals surface area contributed by atoms with Crippen molar-refractivity contribution in [2.45, 2.75) is 61.3 Å². The predicted octanol–water partition coefficient (Wildman–Crippen LogP) is 8.58. The third-order valence-electron chi connectivity index (χ3n) is 7.71. The third-order valence-corrected chi connectivity index (χ3v) is 9.05. The van der Waals surface area contributed by atoms with Crippen molar-refractivity contribution in [2.24, 2.45) is 0 Å². The van der Waals surface area contributed by atoms with E-state index >= 15 is 0 Å². The molecule has 1 saturated heterocycles. The summed E-state index contributed by atoms with van der Waals surface area (Å²) in [6.45, 7) is 3.81. The van der Waals surface area contributed by atoms with Crippen molar-refractivity contribution < 1.29 is 23.4 Å². The third kappa shape index (κ3) is 8.08. The van der Waals surface area contributed by atoms with Crippen LogP contribution in [0, 0.1) is 6.92 Å². The molecule has 0 radical (unpaired) electrons. The van der Waals surface area contributed by atoms with Crippen molar-refractivity contribution in [3.05, 3.63) is 162 Å². The van der Waals surface area contributed by atoms with Gasteiger partial charge in [0.15, 0.2) is 0 Å². The SMILES string of the molecule is Cc1ccc(S[C@@H]2[C@@H](OCc3ccccc3)[C@H](OCc3ccccc3)[C@@H](COCc3ccccc3)O[C@H]2c2ccco2)cc1. The van der Waals surface area contributed by atoms with Gasteiger partial charge in [0.1, 0.15) is 30.2 Å². The molecular formula is C38H38O5S. The lowest BCUT2D eigenvalue weighted by Crippen LogP contribution is -2.56. The van der Waals surface area contributed by atoms with Crippen LogP contribution in [0.2, 0.25) is 0 Å². The van der Waals surface area contributed by atoms with Crippen LogP contribution in [0.1, 0.15) is 34.1 Å². The van der Waals surface area contributed by atoms with Crippen LogP contribution < -0.4 is 0 Å². The molecule has 0 bridgehead atoms. The Morgan fingerprint density at radius 1 is 0.614 bits per heavy atom. The van der Waals surface area contributed by atoms with E-state index in [1.165, 1.54) is 5.56 Å². The van der Waals surface area contributed by atoms with Crippen molar-refractivity contribution in [1.29, 1.82) is 0 Å². The van der Waals surface area contributed by atoms with Crippen molar-refractivity contribution in [3.63, 3.8) is 0 Å². The molecule has 0 amide bonds. The fraction of sp³-hybridized carbons (Fsp3) is 0.263. The van der Waals surface area contributed by atoms with Crippen molar-refractivity contribution >= 4 is 11.8 Å². The van der Waals surface area contributed by atoms with Gasteiger partial charge in [-0.25, -0.2) is 0 Å². The van der Waals surface area contributed by atoms with Gasteiger partial charge in [-0.3, -0.25) is 0 Å². The molecule has 44 heavy (non-hydrogen) atoms. The van der Waals surface area contributed by atoms with Gasteiger partial charge in [-0.05, 0) is 47.9 Å². The number of benzene rings is 4. The minimum Gasteiger partial charge on any atom is -0.467 e. The summed E-state index contributed by atoms with van der Waals surface area (Å²) in [5.41, 5.74) is 4.52. The highest BCUT2D eigenvalue weighted by Gasteiger charge is 2.49. The Labute approximate surface area is 264 Å². The van der Waals surface area contributed by atoms with E-state index < -0.39 is 12.2 Å². The van der Waals surface area contributed by atoms with Crippen LogP contribution in [0.4, 0.5) is 0 Å². The highest BCUT2D eigenvalue weighted by Crippen LogP contribution is 2.45. The highest BCUT2D eigenvalue weighted by molar-refractivity contribution is 8.00. The zero-order chi connectivity index (χ0) is 30.0. The molecule has 0 aliphatic carbocycles. The first-order valence-electron chi connectivity index (χ1n) is 15.1. The Morgan fingerprint density at radius 2 is 1.18 bits per heavy atom. The molecule has 1 aliphatic heterocycles. The van der Waals surface area contributed by atoms with E-state index in [9.17, 15) is 0 Å². The fourth-order valence-electron chi connectivity index (χ4n) is 5.43. The van der Waals surface area contributed by atoms with Crippen molar-refractivity contribution in [1.82, 2.24) is 0 Å². The van der Waals surface area contributed by atoms with Crippen molar-refractivity contribution in [2.75, 3.05) is 6.61 Å². The summed E-state index contributed by atoms with van der Waals surface area (Å²) in [5.74, 6) is 0.762. The number of aryl methyl sites for hydroxylation is 1. The molecule has 5 aromatic rings. The van der Waals surface area contributed by atoms with Crippen LogP contribution in [0.5, 0.6) is 0 Å². The van der Waals surface area contributed by atoms with Gasteiger partial charge in [-0.2, -0.15) is 0 Å². The Bertz CT molecular complexity index is 1510. The quantitative estimate of drug-likeness (QED) is 0.134. The summed E-state index contributed by atoms with van der Waals surface area (Å²) in [6.07, 6.45) is 0.195. The second-order valence-corrected chi connectivity index (χ2v) is 12.3. The molecule has 6 heteroatoms. The minimum atomic E-state index is -0.399. The average molecular weight is 607 g/mol. The first kappa shape index (κ1) is 30.4. The number of rotatable bonds is 13. The smallest absolute Gasteiger partial charge is 0.133 e. The van der Waals surface area contributed by atoms with E-state index in [1.807, 2.05) is 66.7 Å². The standard InChI is InChI=1S/C38H38O5S/c1-28-19-21-32(22-20-28)44-38-36(33-18-11-23-40-33)43-34(27-39-24-29-12-5-2-6-13-29)35(41-25-30-14-7-3-8-15-30)37(38)42-26-31-16-9-4-10-17-31/h2-23,34-38H,24-27H2,1H3/t34-,35-,36+,37+,38+/m1/s1. The largest absolute Gasteiger partial charge is 0.467 e. The minimum absolute atomic E-state index is 0.154. The molecule has 226 valence electrons. The molecule has 0 unspecified atom stereocenters. The van der Waals surface area contributed by atoms with E-state index in [4.69, 9.17) is 23.4 Å². The second-order valence-electron chi connectivity index (χ2n) is 11.0. The number of hydrogen-bond acceptors (Lipinski definition) is 6. The Kier molecular flexibility index (Phi) is 10.6. The molecule has 1 aliphatic rings. The lowest BCUT2D eigenvalue weighted by molar-refractivity contribution is -0.221. The lowest BCUT2D eigenvalue weighted by Gasteiger charge is -2.45. The maximum atomic E-state index is 6.92. The summed E-state index contributed by atoms with van der Waals surface area (Å²) in [4.78, 5) is 1.13. The zero-order valence-corrected chi connectivity index (χ0v) is 25.7. The van der Waals surface area contributed by atoms with E-state index in [2.05, 4.69) is 67.6 Å². The molecule has 6 rings (SSSR count). The van der Waals surface area contributed by atoms with Crippen LogP contribution in [0.3, 0.4) is 0 Å². The molecule has 1 fully saturated rings. The van der Waals surface area contributed by atoms with E-state index in [1.54, 1.807) is 18.0 Å². The summed E-state index contributed by atoms with van der Waals surface area (Å²) < 4.78 is 32.8. The first-order valence-corrected chi connectivity index (χ1v) is 16.0. The highest BCUT2D eigenvalue weighted by atomic mass is 32.2. The van der Waals surface area contributed by atoms with Crippen molar-refractivity contribution in [3.8, 4) is 0 Å². The van der Waals surface area contributed by atoms with E-state index in [0.717, 1.165) is 27.3 Å². The van der Waals surface area contributed by atoms with Crippen LogP contribution in [0.15, 0.2) is 143 Å². The summed E-state index contributed by atoms with van der Waals surface area (Å²) in [5, 5.41) is -0.154. The monoisotopic (exact) mass is 606 g/mol. The molecule has 5 atom stereocenters. The van der Waals surface area contributed by atoms with Crippen LogP contribution >= 0.6 is 11.8 Å². The number of thioether (sulfide) groups is 1. The fourth-order valence-corrected chi connectivity index (χ4v) is 6.72. The van der Waals surface area contributed by atoms with Gasteiger partial charge in [-0.15, -0.1) is 11.8 Å². The van der Waals surface area contributed by atoms with Gasteiger partial charge in [0.2, 0.25) is 0 Å². The summed E-state index contributed by atoms with van der Waals surface area (Å²) in [6, 6.07) is 43.2. The second kappa shape index (κ2) is 15.4. The maximum absolute atomic E-state index is 6.92. The number of hydrogen-bond donors (Lipinski definition) is 0. The number of ether oxygens (including phenoxy) is 4. The normalized spacial score (nSPS) is 21.7. The van der Waals surface area contributed by atoms with E-state index in [0.29, 0.717) is 26.4 Å². The number of furan rings is 1. The molecule has 5 nitrogen and oxygen atoms in total. The average Bonchev–Trinajstić information content (AvgIpc) is 3.61. The Morgan fingerprint density at radius 3 is 1.75 bits per heavy atom. The summed E-state index contributed by atoms with van der Waals surface area (Å²) >= 11 is 1.74. The first-order chi connectivity index (χ1) is 21.7. The Hall–Kier alpha value is -3.65. The zero-order valence-electron chi connectivity index (χ0n) is 24.9. The Balaban J connectivity index is 1.33. The van der Waals surface area contributed by atoms with Gasteiger partial charge >= 0.3 is 0 Å².